The summed E-state index contributed by atoms with van der Waals surface area (Å²) in [6.07, 6.45) is 7.38. The molecule has 8 nitrogen and oxygen atoms in total. The van der Waals surface area contributed by atoms with Crippen molar-refractivity contribution in [1.29, 1.82) is 0 Å². The third-order valence-electron chi connectivity index (χ3n) is 5.89. The Kier molecular flexibility index (Phi) is 6.77. The van der Waals surface area contributed by atoms with Crippen LogP contribution >= 0.6 is 11.6 Å². The average molecular weight is 444 g/mol. The summed E-state index contributed by atoms with van der Waals surface area (Å²) in [7, 11) is 1.72. The molecule has 2 aromatic rings. The molecule has 31 heavy (non-hydrogen) atoms. The maximum Gasteiger partial charge on any atom is 0.223 e. The smallest absolute Gasteiger partial charge is 0.223 e. The molecule has 0 saturated carbocycles. The fourth-order valence-corrected chi connectivity index (χ4v) is 4.16. The lowest BCUT2D eigenvalue weighted by molar-refractivity contribution is -0.127. The van der Waals surface area contributed by atoms with Gasteiger partial charge in [0.25, 0.3) is 0 Å². The van der Waals surface area contributed by atoms with E-state index in [-0.39, 0.29) is 30.4 Å². The number of hydrogen-bond donors (Lipinski definition) is 1. The van der Waals surface area contributed by atoms with Crippen LogP contribution in [0.3, 0.4) is 0 Å². The van der Waals surface area contributed by atoms with Gasteiger partial charge in [-0.3, -0.25) is 19.6 Å². The molecule has 1 N–H and O–H groups in total. The first kappa shape index (κ1) is 21.6. The first-order chi connectivity index (χ1) is 15.0. The van der Waals surface area contributed by atoms with E-state index in [0.717, 1.165) is 32.6 Å². The van der Waals surface area contributed by atoms with Gasteiger partial charge in [0, 0.05) is 69.6 Å². The van der Waals surface area contributed by atoms with Crippen LogP contribution in [0.2, 0.25) is 5.02 Å². The van der Waals surface area contributed by atoms with Crippen LogP contribution in [0.5, 0.6) is 0 Å². The molecule has 2 aliphatic heterocycles. The second kappa shape index (κ2) is 9.70. The number of aromatic nitrogens is 3. The Bertz CT molecular complexity index is 964. The van der Waals surface area contributed by atoms with Gasteiger partial charge in [-0.05, 0) is 24.8 Å². The largest absolute Gasteiger partial charge is 0.381 e. The number of halogens is 1. The lowest BCUT2D eigenvalue weighted by atomic mass is 9.98. The first-order valence-electron chi connectivity index (χ1n) is 10.5. The van der Waals surface area contributed by atoms with Gasteiger partial charge in [-0.25, -0.2) is 4.98 Å². The molecule has 2 saturated heterocycles. The van der Waals surface area contributed by atoms with Crippen LogP contribution in [-0.2, 0) is 20.7 Å². The maximum atomic E-state index is 12.6. The SMILES string of the molecule is CN1CC(C(=O)Cc2cc(-c3cncc(NCC4CCOCC4)n3)c(Cl)cn2)CC1=O. The van der Waals surface area contributed by atoms with Crippen molar-refractivity contribution < 1.29 is 14.3 Å². The Hall–Kier alpha value is -2.58. The van der Waals surface area contributed by atoms with E-state index in [1.807, 2.05) is 0 Å². The molecular formula is C22H26ClN5O3. The number of Topliss-reactive ketones (excluding diaryl/α,β-unsaturated/α-hetero) is 1. The number of ether oxygens (including phenoxy) is 1. The van der Waals surface area contributed by atoms with Gasteiger partial charge in [0.2, 0.25) is 5.91 Å². The van der Waals surface area contributed by atoms with Crippen LogP contribution in [0.25, 0.3) is 11.3 Å². The quantitative estimate of drug-likeness (QED) is 0.702. The van der Waals surface area contributed by atoms with Crippen molar-refractivity contribution in [3.8, 4) is 11.3 Å². The second-order valence-electron chi connectivity index (χ2n) is 8.20. The zero-order chi connectivity index (χ0) is 21.8. The van der Waals surface area contributed by atoms with Gasteiger partial charge in [-0.2, -0.15) is 0 Å². The summed E-state index contributed by atoms with van der Waals surface area (Å²) in [5.74, 6) is 0.973. The molecule has 0 aliphatic carbocycles. The van der Waals surface area contributed by atoms with Gasteiger partial charge in [0.1, 0.15) is 11.6 Å². The molecule has 2 fully saturated rings. The van der Waals surface area contributed by atoms with Crippen LogP contribution in [0.4, 0.5) is 5.82 Å². The molecule has 0 bridgehead atoms. The number of anilines is 1. The molecule has 4 rings (SSSR count). The number of carbonyl (C=O) groups excluding carboxylic acids is 2. The summed E-state index contributed by atoms with van der Waals surface area (Å²) in [6.45, 7) is 2.89. The van der Waals surface area contributed by atoms with E-state index in [4.69, 9.17) is 16.3 Å². The molecule has 1 unspecified atom stereocenters. The van der Waals surface area contributed by atoms with Crippen molar-refractivity contribution in [1.82, 2.24) is 19.9 Å². The predicted octanol–water partition coefficient (Wildman–Crippen LogP) is 2.62. The summed E-state index contributed by atoms with van der Waals surface area (Å²) in [6, 6.07) is 1.78. The monoisotopic (exact) mass is 443 g/mol. The van der Waals surface area contributed by atoms with E-state index in [0.29, 0.717) is 40.3 Å². The Labute approximate surface area is 186 Å². The van der Waals surface area contributed by atoms with Crippen molar-refractivity contribution in [2.24, 2.45) is 11.8 Å². The summed E-state index contributed by atoms with van der Waals surface area (Å²) in [5, 5.41) is 3.80. The Balaban J connectivity index is 1.45. The van der Waals surface area contributed by atoms with Gasteiger partial charge in [0.05, 0.1) is 23.1 Å². The molecule has 2 aliphatic rings. The van der Waals surface area contributed by atoms with Gasteiger partial charge < -0.3 is 15.0 Å². The number of ketones is 1. The zero-order valence-electron chi connectivity index (χ0n) is 17.5. The van der Waals surface area contributed by atoms with Gasteiger partial charge in [-0.15, -0.1) is 0 Å². The number of rotatable bonds is 7. The molecule has 9 heteroatoms. The highest BCUT2D eigenvalue weighted by atomic mass is 35.5. The number of hydrogen-bond acceptors (Lipinski definition) is 7. The second-order valence-corrected chi connectivity index (χ2v) is 8.61. The van der Waals surface area contributed by atoms with Crippen molar-refractivity contribution in [3.05, 3.63) is 35.4 Å². The van der Waals surface area contributed by atoms with Crippen LogP contribution in [-0.4, -0.2) is 64.9 Å². The molecule has 164 valence electrons. The van der Waals surface area contributed by atoms with Gasteiger partial charge in [-0.1, -0.05) is 11.6 Å². The standard InChI is InChI=1S/C22H26ClN5O3/c1-28-13-15(6-22(28)30)20(29)8-16-7-17(18(23)10-25-16)19-11-24-12-21(27-19)26-9-14-2-4-31-5-3-14/h7,10-12,14-15H,2-6,8-9,13H2,1H3,(H,26,27). The van der Waals surface area contributed by atoms with E-state index >= 15 is 0 Å². The fraction of sp³-hybridized carbons (Fsp3) is 0.500. The van der Waals surface area contributed by atoms with E-state index in [1.54, 1.807) is 30.4 Å². The highest BCUT2D eigenvalue weighted by Crippen LogP contribution is 2.28. The molecule has 0 spiro atoms. The molecule has 1 amide bonds. The van der Waals surface area contributed by atoms with E-state index in [1.165, 1.54) is 6.20 Å². The van der Waals surface area contributed by atoms with Crippen molar-refractivity contribution >= 4 is 29.1 Å². The van der Waals surface area contributed by atoms with E-state index in [9.17, 15) is 9.59 Å². The maximum absolute atomic E-state index is 12.6. The summed E-state index contributed by atoms with van der Waals surface area (Å²) >= 11 is 6.38. The third-order valence-corrected chi connectivity index (χ3v) is 6.19. The Morgan fingerprint density at radius 1 is 1.29 bits per heavy atom. The Morgan fingerprint density at radius 3 is 2.84 bits per heavy atom. The first-order valence-corrected chi connectivity index (χ1v) is 10.9. The molecule has 4 heterocycles. The Morgan fingerprint density at radius 2 is 2.10 bits per heavy atom. The summed E-state index contributed by atoms with van der Waals surface area (Å²) < 4.78 is 5.40. The van der Waals surface area contributed by atoms with Gasteiger partial charge in [0.15, 0.2) is 0 Å². The molecule has 0 radical (unpaired) electrons. The van der Waals surface area contributed by atoms with Crippen LogP contribution in [0, 0.1) is 11.8 Å². The highest BCUT2D eigenvalue weighted by molar-refractivity contribution is 6.33. The van der Waals surface area contributed by atoms with Crippen LogP contribution in [0.15, 0.2) is 24.7 Å². The molecule has 2 aromatic heterocycles. The average Bonchev–Trinajstić information content (AvgIpc) is 3.13. The fourth-order valence-electron chi connectivity index (χ4n) is 3.96. The minimum Gasteiger partial charge on any atom is -0.381 e. The molecular weight excluding hydrogens is 418 g/mol. The van der Waals surface area contributed by atoms with Crippen LogP contribution < -0.4 is 5.32 Å². The van der Waals surface area contributed by atoms with Crippen molar-refractivity contribution in [2.75, 3.05) is 38.7 Å². The predicted molar refractivity (Wildman–Crippen MR) is 117 cm³/mol. The number of pyridine rings is 1. The molecule has 0 aromatic carbocycles. The number of amides is 1. The zero-order valence-corrected chi connectivity index (χ0v) is 18.3. The number of nitrogens with one attached hydrogen (secondary N) is 1. The van der Waals surface area contributed by atoms with E-state index in [2.05, 4.69) is 20.3 Å². The molecule has 1 atom stereocenters. The van der Waals surface area contributed by atoms with Crippen LogP contribution in [0.1, 0.15) is 25.0 Å². The topological polar surface area (TPSA) is 97.3 Å². The minimum absolute atomic E-state index is 0.00319. The summed E-state index contributed by atoms with van der Waals surface area (Å²) in [4.78, 5) is 39.2. The summed E-state index contributed by atoms with van der Waals surface area (Å²) in [5.41, 5.74) is 1.91. The van der Waals surface area contributed by atoms with Crippen molar-refractivity contribution in [2.45, 2.75) is 25.7 Å². The third kappa shape index (κ3) is 5.37. The van der Waals surface area contributed by atoms with Gasteiger partial charge >= 0.3 is 0 Å². The van der Waals surface area contributed by atoms with E-state index < -0.39 is 0 Å². The number of carbonyl (C=O) groups is 2. The number of likely N-dealkylation sites (tertiary alicyclic amines) is 1. The lowest BCUT2D eigenvalue weighted by Gasteiger charge is -2.22. The minimum atomic E-state index is -0.282. The highest BCUT2D eigenvalue weighted by Gasteiger charge is 2.32. The number of nitrogens with zero attached hydrogens (tertiary/aromatic N) is 4. The van der Waals surface area contributed by atoms with Crippen molar-refractivity contribution in [3.63, 3.8) is 0 Å². The normalized spacial score (nSPS) is 19.6. The lowest BCUT2D eigenvalue weighted by Crippen LogP contribution is -2.23.